The summed E-state index contributed by atoms with van der Waals surface area (Å²) in [6.07, 6.45) is 0. The molecule has 0 fully saturated rings. The minimum Gasteiger partial charge on any atom is -0.457 e. The molecule has 0 spiro atoms. The van der Waals surface area contributed by atoms with E-state index in [0.717, 1.165) is 28.2 Å². The van der Waals surface area contributed by atoms with Crippen LogP contribution in [0.25, 0.3) is 0 Å². The molecule has 88 valence electrons. The summed E-state index contributed by atoms with van der Waals surface area (Å²) in [7, 11) is 0. The van der Waals surface area contributed by atoms with Crippen LogP contribution in [-0.4, -0.2) is 0 Å². The maximum Gasteiger partial charge on any atom is 0.130 e. The van der Waals surface area contributed by atoms with E-state index in [0.29, 0.717) is 6.54 Å². The molecule has 2 nitrogen and oxygen atoms in total. The van der Waals surface area contributed by atoms with Crippen LogP contribution < -0.4 is 10.5 Å². The molecule has 2 aromatic rings. The maximum absolute atomic E-state index is 5.93. The number of rotatable bonds is 3. The van der Waals surface area contributed by atoms with Gasteiger partial charge in [0.25, 0.3) is 0 Å². The van der Waals surface area contributed by atoms with Gasteiger partial charge in [0.15, 0.2) is 0 Å². The largest absolute Gasteiger partial charge is 0.457 e. The van der Waals surface area contributed by atoms with Crippen LogP contribution in [-0.2, 0) is 6.54 Å². The standard InChI is InChI=1S/C15H17NO/c1-11-5-3-4-6-14(11)17-15-9-13(10-16)8-7-12(15)2/h3-9H,10,16H2,1-2H3. The summed E-state index contributed by atoms with van der Waals surface area (Å²) in [5.41, 5.74) is 8.96. The number of hydrogen-bond donors (Lipinski definition) is 1. The van der Waals surface area contributed by atoms with Crippen molar-refractivity contribution >= 4 is 0 Å². The SMILES string of the molecule is Cc1ccccc1Oc1cc(CN)ccc1C. The van der Waals surface area contributed by atoms with Crippen molar-refractivity contribution in [2.24, 2.45) is 5.73 Å². The zero-order valence-electron chi connectivity index (χ0n) is 10.2. The lowest BCUT2D eigenvalue weighted by atomic mass is 10.1. The highest BCUT2D eigenvalue weighted by molar-refractivity contribution is 5.42. The van der Waals surface area contributed by atoms with Crippen molar-refractivity contribution in [2.45, 2.75) is 20.4 Å². The summed E-state index contributed by atoms with van der Waals surface area (Å²) in [6.45, 7) is 4.61. The zero-order valence-corrected chi connectivity index (χ0v) is 10.2. The molecular weight excluding hydrogens is 210 g/mol. The summed E-state index contributed by atoms with van der Waals surface area (Å²) in [4.78, 5) is 0. The molecule has 0 saturated heterocycles. The first-order valence-electron chi connectivity index (χ1n) is 5.74. The lowest BCUT2D eigenvalue weighted by Crippen LogP contribution is -1.97. The second-order valence-electron chi connectivity index (χ2n) is 4.17. The van der Waals surface area contributed by atoms with Crippen LogP contribution in [0, 0.1) is 13.8 Å². The smallest absolute Gasteiger partial charge is 0.130 e. The van der Waals surface area contributed by atoms with Crippen molar-refractivity contribution in [1.82, 2.24) is 0 Å². The summed E-state index contributed by atoms with van der Waals surface area (Å²) in [6, 6.07) is 14.1. The molecule has 2 heteroatoms. The Morgan fingerprint density at radius 3 is 2.35 bits per heavy atom. The Balaban J connectivity index is 2.32. The van der Waals surface area contributed by atoms with Gasteiger partial charge in [0.2, 0.25) is 0 Å². The molecule has 0 aliphatic carbocycles. The fraction of sp³-hybridized carbons (Fsp3) is 0.200. The lowest BCUT2D eigenvalue weighted by molar-refractivity contribution is 0.474. The lowest BCUT2D eigenvalue weighted by Gasteiger charge is -2.11. The molecule has 0 unspecified atom stereocenters. The minimum atomic E-state index is 0.532. The zero-order chi connectivity index (χ0) is 12.3. The maximum atomic E-state index is 5.93. The molecule has 0 heterocycles. The third-order valence-electron chi connectivity index (χ3n) is 2.80. The molecule has 0 atom stereocenters. The van der Waals surface area contributed by atoms with Crippen LogP contribution in [0.5, 0.6) is 11.5 Å². The molecular formula is C15H17NO. The highest BCUT2D eigenvalue weighted by Gasteiger charge is 2.04. The van der Waals surface area contributed by atoms with Crippen molar-refractivity contribution in [3.63, 3.8) is 0 Å². The van der Waals surface area contributed by atoms with Gasteiger partial charge in [0.1, 0.15) is 11.5 Å². The summed E-state index contributed by atoms with van der Waals surface area (Å²) < 4.78 is 5.93. The second-order valence-corrected chi connectivity index (χ2v) is 4.17. The Labute approximate surface area is 102 Å². The molecule has 2 rings (SSSR count). The van der Waals surface area contributed by atoms with Crippen molar-refractivity contribution in [2.75, 3.05) is 0 Å². The predicted octanol–water partition coefficient (Wildman–Crippen LogP) is 3.55. The van der Waals surface area contributed by atoms with Gasteiger partial charge in [0, 0.05) is 6.54 Å². The first-order chi connectivity index (χ1) is 8.20. The van der Waals surface area contributed by atoms with Crippen LogP contribution in [0.1, 0.15) is 16.7 Å². The molecule has 0 radical (unpaired) electrons. The van der Waals surface area contributed by atoms with E-state index < -0.39 is 0 Å². The molecule has 0 aromatic heterocycles. The van der Waals surface area contributed by atoms with E-state index in [1.807, 2.05) is 56.3 Å². The number of para-hydroxylation sites is 1. The van der Waals surface area contributed by atoms with Crippen LogP contribution in [0.4, 0.5) is 0 Å². The highest BCUT2D eigenvalue weighted by Crippen LogP contribution is 2.28. The van der Waals surface area contributed by atoms with Crippen LogP contribution in [0.3, 0.4) is 0 Å². The third kappa shape index (κ3) is 2.66. The van der Waals surface area contributed by atoms with E-state index in [9.17, 15) is 0 Å². The van der Waals surface area contributed by atoms with Gasteiger partial charge in [-0.15, -0.1) is 0 Å². The van der Waals surface area contributed by atoms with Crippen molar-refractivity contribution in [1.29, 1.82) is 0 Å². The Morgan fingerprint density at radius 1 is 0.941 bits per heavy atom. The Kier molecular flexibility index (Phi) is 3.45. The average Bonchev–Trinajstić information content (AvgIpc) is 2.35. The second kappa shape index (κ2) is 5.02. The molecule has 17 heavy (non-hydrogen) atoms. The molecule has 0 amide bonds. The van der Waals surface area contributed by atoms with Crippen molar-refractivity contribution < 1.29 is 4.74 Å². The molecule has 2 N–H and O–H groups in total. The average molecular weight is 227 g/mol. The number of benzene rings is 2. The Bertz CT molecular complexity index is 520. The van der Waals surface area contributed by atoms with E-state index in [1.165, 1.54) is 0 Å². The number of hydrogen-bond acceptors (Lipinski definition) is 2. The molecule has 0 bridgehead atoms. The first kappa shape index (κ1) is 11.7. The normalized spacial score (nSPS) is 10.3. The summed E-state index contributed by atoms with van der Waals surface area (Å²) in [5, 5.41) is 0. The molecule has 0 saturated carbocycles. The van der Waals surface area contributed by atoms with Gasteiger partial charge in [-0.05, 0) is 42.7 Å². The minimum absolute atomic E-state index is 0.532. The van der Waals surface area contributed by atoms with E-state index in [1.54, 1.807) is 0 Å². The fourth-order valence-electron chi connectivity index (χ4n) is 1.67. The monoisotopic (exact) mass is 227 g/mol. The first-order valence-corrected chi connectivity index (χ1v) is 5.74. The van der Waals surface area contributed by atoms with Crippen molar-refractivity contribution in [3.8, 4) is 11.5 Å². The van der Waals surface area contributed by atoms with Crippen molar-refractivity contribution in [3.05, 3.63) is 59.2 Å². The van der Waals surface area contributed by atoms with Gasteiger partial charge < -0.3 is 10.5 Å². The Hall–Kier alpha value is -1.80. The summed E-state index contributed by atoms with van der Waals surface area (Å²) in [5.74, 6) is 1.77. The highest BCUT2D eigenvalue weighted by atomic mass is 16.5. The van der Waals surface area contributed by atoms with E-state index in [2.05, 4.69) is 0 Å². The molecule has 0 aliphatic rings. The van der Waals surface area contributed by atoms with Crippen LogP contribution >= 0.6 is 0 Å². The van der Waals surface area contributed by atoms with Crippen LogP contribution in [0.2, 0.25) is 0 Å². The van der Waals surface area contributed by atoms with Gasteiger partial charge in [-0.2, -0.15) is 0 Å². The number of aryl methyl sites for hydroxylation is 2. The van der Waals surface area contributed by atoms with Gasteiger partial charge in [-0.1, -0.05) is 30.3 Å². The van der Waals surface area contributed by atoms with Gasteiger partial charge >= 0.3 is 0 Å². The van der Waals surface area contributed by atoms with E-state index in [4.69, 9.17) is 10.5 Å². The molecule has 2 aromatic carbocycles. The fourth-order valence-corrected chi connectivity index (χ4v) is 1.67. The quantitative estimate of drug-likeness (QED) is 0.870. The Morgan fingerprint density at radius 2 is 1.65 bits per heavy atom. The third-order valence-corrected chi connectivity index (χ3v) is 2.80. The number of ether oxygens (including phenoxy) is 1. The summed E-state index contributed by atoms with van der Waals surface area (Å²) >= 11 is 0. The molecule has 0 aliphatic heterocycles. The van der Waals surface area contributed by atoms with Gasteiger partial charge in [-0.3, -0.25) is 0 Å². The van der Waals surface area contributed by atoms with E-state index >= 15 is 0 Å². The number of nitrogens with two attached hydrogens (primary N) is 1. The van der Waals surface area contributed by atoms with Crippen LogP contribution in [0.15, 0.2) is 42.5 Å². The van der Waals surface area contributed by atoms with Gasteiger partial charge in [0.05, 0.1) is 0 Å². The van der Waals surface area contributed by atoms with E-state index in [-0.39, 0.29) is 0 Å². The predicted molar refractivity (Wildman–Crippen MR) is 70.3 cm³/mol. The van der Waals surface area contributed by atoms with Gasteiger partial charge in [-0.25, -0.2) is 0 Å². The topological polar surface area (TPSA) is 35.2 Å².